The van der Waals surface area contributed by atoms with Crippen LogP contribution in [-0.2, 0) is 11.3 Å². The van der Waals surface area contributed by atoms with Crippen LogP contribution in [0, 0.1) is 17.0 Å². The number of methoxy groups -OCH3 is 1. The van der Waals surface area contributed by atoms with Gasteiger partial charge < -0.3 is 14.8 Å². The first-order valence-corrected chi connectivity index (χ1v) is 6.91. The van der Waals surface area contributed by atoms with Gasteiger partial charge in [0.05, 0.1) is 17.7 Å². The second kappa shape index (κ2) is 7.55. The van der Waals surface area contributed by atoms with Gasteiger partial charge in [-0.15, -0.1) is 5.10 Å². The maximum atomic E-state index is 12.4. The Labute approximate surface area is 140 Å². The highest BCUT2D eigenvalue weighted by atomic mass is 19.3. The number of aromatic nitrogens is 2. The molecule has 2 rings (SSSR count). The van der Waals surface area contributed by atoms with Crippen molar-refractivity contribution in [3.05, 3.63) is 40.1 Å². The molecule has 0 saturated carbocycles. The molecule has 0 spiro atoms. The summed E-state index contributed by atoms with van der Waals surface area (Å²) in [5, 5.41) is 17.0. The number of carbonyl (C=O) groups excluding carboxylic acids is 1. The third-order valence-corrected chi connectivity index (χ3v) is 3.03. The van der Waals surface area contributed by atoms with E-state index in [1.54, 1.807) is 13.0 Å². The first-order chi connectivity index (χ1) is 11.8. The van der Waals surface area contributed by atoms with Gasteiger partial charge in [0.25, 0.3) is 0 Å². The fourth-order valence-electron chi connectivity index (χ4n) is 2.02. The van der Waals surface area contributed by atoms with Crippen molar-refractivity contribution in [3.8, 4) is 11.6 Å². The molecule has 11 heteroatoms. The van der Waals surface area contributed by atoms with E-state index in [-0.39, 0.29) is 23.9 Å². The van der Waals surface area contributed by atoms with E-state index in [1.165, 1.54) is 19.2 Å². The molecule has 2 aromatic rings. The Bertz CT molecular complexity index is 794. The third kappa shape index (κ3) is 4.62. The van der Waals surface area contributed by atoms with Crippen LogP contribution in [0.4, 0.5) is 20.2 Å². The average Bonchev–Trinajstić information content (AvgIpc) is 2.92. The lowest BCUT2D eigenvalue weighted by atomic mass is 10.2. The maximum absolute atomic E-state index is 12.4. The number of hydrogen-bond donors (Lipinski definition) is 1. The quantitative estimate of drug-likeness (QED) is 0.602. The van der Waals surface area contributed by atoms with E-state index >= 15 is 0 Å². The van der Waals surface area contributed by atoms with Gasteiger partial charge >= 0.3 is 18.2 Å². The van der Waals surface area contributed by atoms with Gasteiger partial charge in [-0.1, -0.05) is 6.07 Å². The van der Waals surface area contributed by atoms with Crippen LogP contribution in [0.2, 0.25) is 0 Å². The molecule has 25 heavy (non-hydrogen) atoms. The minimum absolute atomic E-state index is 0.0546. The number of anilines is 1. The molecule has 0 aliphatic carbocycles. The molecule has 1 aromatic heterocycles. The predicted octanol–water partition coefficient (Wildman–Crippen LogP) is 2.35. The number of halogens is 2. The van der Waals surface area contributed by atoms with E-state index in [0.29, 0.717) is 5.56 Å². The standard InChI is InChI=1S/C14H14F2N4O5/c1-8-3-4-11(25-14(15)16)9(5-8)17-12(21)7-19-6-10(20(22)23)13(18-19)24-2/h3-6,14H,7H2,1-2H3,(H,17,21). The maximum Gasteiger partial charge on any atom is 0.387 e. The summed E-state index contributed by atoms with van der Waals surface area (Å²) in [5.74, 6) is -1.07. The van der Waals surface area contributed by atoms with Crippen LogP contribution < -0.4 is 14.8 Å². The summed E-state index contributed by atoms with van der Waals surface area (Å²) >= 11 is 0. The Hall–Kier alpha value is -3.24. The number of nitrogens with one attached hydrogen (secondary N) is 1. The summed E-state index contributed by atoms with van der Waals surface area (Å²) in [7, 11) is 1.21. The van der Waals surface area contributed by atoms with Gasteiger partial charge in [0.2, 0.25) is 5.91 Å². The number of ether oxygens (including phenoxy) is 2. The summed E-state index contributed by atoms with van der Waals surface area (Å²) in [6.45, 7) is -1.72. The summed E-state index contributed by atoms with van der Waals surface area (Å²) in [6.07, 6.45) is 1.03. The molecule has 0 bridgehead atoms. The average molecular weight is 356 g/mol. The summed E-state index contributed by atoms with van der Waals surface area (Å²) in [5.41, 5.74) is 0.375. The molecule has 1 amide bonds. The van der Waals surface area contributed by atoms with Gasteiger partial charge in [0, 0.05) is 0 Å². The molecular formula is C14H14F2N4O5. The predicted molar refractivity (Wildman–Crippen MR) is 81.9 cm³/mol. The van der Waals surface area contributed by atoms with E-state index in [2.05, 4.69) is 15.2 Å². The zero-order valence-corrected chi connectivity index (χ0v) is 13.2. The van der Waals surface area contributed by atoms with Crippen LogP contribution in [0.1, 0.15) is 5.56 Å². The van der Waals surface area contributed by atoms with Crippen molar-refractivity contribution in [1.29, 1.82) is 0 Å². The van der Waals surface area contributed by atoms with Crippen LogP contribution in [0.5, 0.6) is 11.6 Å². The molecule has 0 aliphatic rings. The molecule has 1 aromatic carbocycles. The molecule has 0 fully saturated rings. The molecule has 0 saturated heterocycles. The van der Waals surface area contributed by atoms with Crippen LogP contribution in [0.15, 0.2) is 24.4 Å². The van der Waals surface area contributed by atoms with E-state index in [1.807, 2.05) is 0 Å². The third-order valence-electron chi connectivity index (χ3n) is 3.03. The van der Waals surface area contributed by atoms with E-state index < -0.39 is 23.1 Å². The van der Waals surface area contributed by atoms with Crippen molar-refractivity contribution in [2.45, 2.75) is 20.1 Å². The SMILES string of the molecule is COc1nn(CC(=O)Nc2cc(C)ccc2OC(F)F)cc1[N+](=O)[O-]. The van der Waals surface area contributed by atoms with Gasteiger partial charge in [-0.25, -0.2) is 0 Å². The van der Waals surface area contributed by atoms with Crippen LogP contribution >= 0.6 is 0 Å². The molecule has 0 atom stereocenters. The highest BCUT2D eigenvalue weighted by Gasteiger charge is 2.21. The van der Waals surface area contributed by atoms with Crippen molar-refractivity contribution in [1.82, 2.24) is 9.78 Å². The Morgan fingerprint density at radius 2 is 2.20 bits per heavy atom. The molecular weight excluding hydrogens is 342 g/mol. The normalized spacial score (nSPS) is 10.6. The Morgan fingerprint density at radius 3 is 2.76 bits per heavy atom. The number of nitro groups is 1. The van der Waals surface area contributed by atoms with Gasteiger partial charge in [0.1, 0.15) is 18.5 Å². The number of nitrogens with zero attached hydrogens (tertiary/aromatic N) is 3. The molecule has 134 valence electrons. The van der Waals surface area contributed by atoms with Crippen molar-refractivity contribution in [2.24, 2.45) is 0 Å². The molecule has 0 radical (unpaired) electrons. The number of rotatable bonds is 7. The molecule has 9 nitrogen and oxygen atoms in total. The summed E-state index contributed by atoms with van der Waals surface area (Å²) in [4.78, 5) is 22.2. The first-order valence-electron chi connectivity index (χ1n) is 6.91. The van der Waals surface area contributed by atoms with Crippen LogP contribution in [0.3, 0.4) is 0 Å². The van der Waals surface area contributed by atoms with Crippen molar-refractivity contribution < 1.29 is 28.0 Å². The van der Waals surface area contributed by atoms with Gasteiger partial charge in [-0.2, -0.15) is 8.78 Å². The number of carbonyl (C=O) groups is 1. The van der Waals surface area contributed by atoms with Crippen LogP contribution in [0.25, 0.3) is 0 Å². The highest BCUT2D eigenvalue weighted by Crippen LogP contribution is 2.28. The largest absolute Gasteiger partial charge is 0.475 e. The zero-order valence-electron chi connectivity index (χ0n) is 13.2. The number of hydrogen-bond acceptors (Lipinski definition) is 6. The fourth-order valence-corrected chi connectivity index (χ4v) is 2.02. The minimum Gasteiger partial charge on any atom is -0.475 e. The van der Waals surface area contributed by atoms with E-state index in [4.69, 9.17) is 4.74 Å². The monoisotopic (exact) mass is 356 g/mol. The molecule has 0 unspecified atom stereocenters. The topological polar surface area (TPSA) is 109 Å². The molecule has 1 N–H and O–H groups in total. The molecule has 0 aliphatic heterocycles. The lowest BCUT2D eigenvalue weighted by Gasteiger charge is -2.12. The molecule has 1 heterocycles. The lowest BCUT2D eigenvalue weighted by Crippen LogP contribution is -2.20. The zero-order chi connectivity index (χ0) is 18.6. The van der Waals surface area contributed by atoms with E-state index in [9.17, 15) is 23.7 Å². The Morgan fingerprint density at radius 1 is 1.48 bits per heavy atom. The highest BCUT2D eigenvalue weighted by molar-refractivity contribution is 5.92. The smallest absolute Gasteiger partial charge is 0.387 e. The second-order valence-corrected chi connectivity index (χ2v) is 4.90. The summed E-state index contributed by atoms with van der Waals surface area (Å²) < 4.78 is 35.0. The summed E-state index contributed by atoms with van der Waals surface area (Å²) in [6, 6.07) is 4.32. The first kappa shape index (κ1) is 18.1. The number of aryl methyl sites for hydroxylation is 1. The number of alkyl halides is 2. The van der Waals surface area contributed by atoms with Crippen molar-refractivity contribution >= 4 is 17.3 Å². The Balaban J connectivity index is 2.15. The second-order valence-electron chi connectivity index (χ2n) is 4.90. The number of benzene rings is 1. The minimum atomic E-state index is -3.05. The van der Waals surface area contributed by atoms with Gasteiger partial charge in [-0.05, 0) is 24.6 Å². The van der Waals surface area contributed by atoms with Crippen molar-refractivity contribution in [3.63, 3.8) is 0 Å². The lowest BCUT2D eigenvalue weighted by molar-refractivity contribution is -0.385. The van der Waals surface area contributed by atoms with Crippen molar-refractivity contribution in [2.75, 3.05) is 12.4 Å². The van der Waals surface area contributed by atoms with Crippen LogP contribution in [-0.4, -0.2) is 34.3 Å². The number of amides is 1. The Kier molecular flexibility index (Phi) is 5.47. The fraction of sp³-hybridized carbons (Fsp3) is 0.286. The van der Waals surface area contributed by atoms with Gasteiger partial charge in [0.15, 0.2) is 0 Å². The van der Waals surface area contributed by atoms with E-state index in [0.717, 1.165) is 10.9 Å². The van der Waals surface area contributed by atoms with Gasteiger partial charge in [-0.3, -0.25) is 19.6 Å².